The van der Waals surface area contributed by atoms with E-state index in [1.807, 2.05) is 0 Å². The Morgan fingerprint density at radius 2 is 2.19 bits per heavy atom. The van der Waals surface area contributed by atoms with E-state index >= 15 is 0 Å². The first-order valence-electron chi connectivity index (χ1n) is 6.22. The molecule has 2 heterocycles. The number of aromatic nitrogens is 1. The number of carbonyl (C=O) groups excluding carboxylic acids is 1. The second-order valence-electron chi connectivity index (χ2n) is 4.39. The molecule has 0 radical (unpaired) electrons. The van der Waals surface area contributed by atoms with E-state index in [0.717, 1.165) is 5.69 Å². The summed E-state index contributed by atoms with van der Waals surface area (Å²) in [5.74, 6) is 1.47. The van der Waals surface area contributed by atoms with Crippen molar-refractivity contribution in [2.75, 3.05) is 17.4 Å². The number of hydrogen-bond acceptors (Lipinski definition) is 5. The number of pyridine rings is 1. The summed E-state index contributed by atoms with van der Waals surface area (Å²) in [6.07, 6.45) is 1.59. The van der Waals surface area contributed by atoms with Gasteiger partial charge in [-0.1, -0.05) is 11.6 Å². The van der Waals surface area contributed by atoms with E-state index in [4.69, 9.17) is 21.1 Å². The van der Waals surface area contributed by atoms with Crippen molar-refractivity contribution in [2.45, 2.75) is 6.92 Å². The van der Waals surface area contributed by atoms with E-state index in [1.54, 1.807) is 30.5 Å². The second kappa shape index (κ2) is 5.49. The van der Waals surface area contributed by atoms with Gasteiger partial charge in [0, 0.05) is 24.9 Å². The van der Waals surface area contributed by atoms with Gasteiger partial charge in [-0.15, -0.1) is 0 Å². The molecule has 0 saturated carbocycles. The number of ether oxygens (including phenoxy) is 2. The third-order valence-electron chi connectivity index (χ3n) is 2.82. The maximum absolute atomic E-state index is 11.1. The molecule has 1 amide bonds. The predicted octanol–water partition coefficient (Wildman–Crippen LogP) is 3.17. The zero-order chi connectivity index (χ0) is 14.8. The average molecular weight is 306 g/mol. The summed E-state index contributed by atoms with van der Waals surface area (Å²) in [6, 6.07) is 6.95. The number of carbonyl (C=O) groups is 1. The summed E-state index contributed by atoms with van der Waals surface area (Å²) in [4.78, 5) is 15.1. The maximum atomic E-state index is 11.1. The molecule has 0 unspecified atom stereocenters. The number of fused-ring (bicyclic) bond motifs is 1. The van der Waals surface area contributed by atoms with E-state index in [2.05, 4.69) is 15.6 Å². The summed E-state index contributed by atoms with van der Waals surface area (Å²) in [7, 11) is 0. The van der Waals surface area contributed by atoms with E-state index in [-0.39, 0.29) is 12.7 Å². The Kier molecular flexibility index (Phi) is 3.53. The fourth-order valence-corrected chi connectivity index (χ4v) is 2.16. The highest BCUT2D eigenvalue weighted by molar-refractivity contribution is 6.33. The number of anilines is 3. The lowest BCUT2D eigenvalue weighted by Crippen LogP contribution is -2.07. The molecule has 2 N–H and O–H groups in total. The number of nitrogens with zero attached hydrogens (tertiary/aromatic N) is 1. The van der Waals surface area contributed by atoms with Crippen LogP contribution in [0.3, 0.4) is 0 Å². The maximum Gasteiger partial charge on any atom is 0.231 e. The smallest absolute Gasteiger partial charge is 0.231 e. The van der Waals surface area contributed by atoms with Crippen LogP contribution in [-0.4, -0.2) is 17.7 Å². The molecule has 1 aromatic heterocycles. The van der Waals surface area contributed by atoms with Crippen LogP contribution in [0.15, 0.2) is 30.5 Å². The van der Waals surface area contributed by atoms with Crippen LogP contribution in [0.4, 0.5) is 17.2 Å². The van der Waals surface area contributed by atoms with Gasteiger partial charge in [0.2, 0.25) is 12.7 Å². The van der Waals surface area contributed by atoms with Crippen molar-refractivity contribution in [3.63, 3.8) is 0 Å². The number of halogens is 1. The Morgan fingerprint density at radius 1 is 1.33 bits per heavy atom. The lowest BCUT2D eigenvalue weighted by molar-refractivity contribution is -0.114. The van der Waals surface area contributed by atoms with Crippen LogP contribution in [-0.2, 0) is 4.79 Å². The summed E-state index contributed by atoms with van der Waals surface area (Å²) in [6.45, 7) is 1.59. The van der Waals surface area contributed by atoms with Crippen LogP contribution in [0.2, 0.25) is 5.02 Å². The van der Waals surface area contributed by atoms with Crippen LogP contribution >= 0.6 is 11.6 Å². The Balaban J connectivity index is 1.91. The average Bonchev–Trinajstić information content (AvgIpc) is 2.90. The van der Waals surface area contributed by atoms with Gasteiger partial charge in [-0.3, -0.25) is 4.79 Å². The van der Waals surface area contributed by atoms with Crippen molar-refractivity contribution in [2.24, 2.45) is 0 Å². The first-order chi connectivity index (χ1) is 10.1. The fourth-order valence-electron chi connectivity index (χ4n) is 1.97. The van der Waals surface area contributed by atoms with Crippen LogP contribution in [0.1, 0.15) is 6.92 Å². The molecule has 0 fully saturated rings. The Labute approximate surface area is 126 Å². The minimum absolute atomic E-state index is 0.165. The van der Waals surface area contributed by atoms with Crippen LogP contribution in [0.25, 0.3) is 0 Å². The molecule has 6 nitrogen and oxygen atoms in total. The van der Waals surface area contributed by atoms with Crippen molar-refractivity contribution < 1.29 is 14.3 Å². The van der Waals surface area contributed by atoms with Crippen molar-refractivity contribution in [1.82, 2.24) is 4.98 Å². The molecule has 0 aliphatic carbocycles. The van der Waals surface area contributed by atoms with E-state index in [9.17, 15) is 4.79 Å². The van der Waals surface area contributed by atoms with E-state index in [1.165, 1.54) is 6.92 Å². The molecule has 0 atom stereocenters. The van der Waals surface area contributed by atoms with Crippen molar-refractivity contribution >= 4 is 34.7 Å². The van der Waals surface area contributed by atoms with E-state index < -0.39 is 0 Å². The number of benzene rings is 1. The molecule has 2 aromatic rings. The van der Waals surface area contributed by atoms with Gasteiger partial charge in [-0.25, -0.2) is 4.98 Å². The van der Waals surface area contributed by atoms with Crippen LogP contribution in [0.5, 0.6) is 11.5 Å². The number of nitrogens with one attached hydrogen (secondary N) is 2. The Hall–Kier alpha value is -2.47. The van der Waals surface area contributed by atoms with Gasteiger partial charge in [0.1, 0.15) is 11.5 Å². The van der Waals surface area contributed by atoms with Crippen LogP contribution < -0.4 is 20.1 Å². The number of rotatable bonds is 3. The topological polar surface area (TPSA) is 72.5 Å². The molecule has 1 aliphatic rings. The lowest BCUT2D eigenvalue weighted by Gasteiger charge is -2.12. The van der Waals surface area contributed by atoms with Gasteiger partial charge in [0.25, 0.3) is 0 Å². The molecular weight excluding hydrogens is 294 g/mol. The molecule has 0 saturated heterocycles. The molecule has 108 valence electrons. The number of hydrogen-bond donors (Lipinski definition) is 2. The van der Waals surface area contributed by atoms with Gasteiger partial charge in [0.15, 0.2) is 11.5 Å². The molecule has 7 heteroatoms. The normalized spacial score (nSPS) is 12.1. The predicted molar refractivity (Wildman–Crippen MR) is 79.4 cm³/mol. The highest BCUT2D eigenvalue weighted by atomic mass is 35.5. The summed E-state index contributed by atoms with van der Waals surface area (Å²) < 4.78 is 10.7. The molecule has 3 rings (SSSR count). The van der Waals surface area contributed by atoms with Gasteiger partial charge in [0.05, 0.1) is 5.02 Å². The van der Waals surface area contributed by atoms with Crippen molar-refractivity contribution in [1.29, 1.82) is 0 Å². The molecule has 0 spiro atoms. The lowest BCUT2D eigenvalue weighted by atomic mass is 10.2. The summed E-state index contributed by atoms with van der Waals surface area (Å²) in [5.41, 5.74) is 1.34. The molecule has 1 aliphatic heterocycles. The zero-order valence-electron chi connectivity index (χ0n) is 11.1. The van der Waals surface area contributed by atoms with Crippen molar-refractivity contribution in [3.05, 3.63) is 35.5 Å². The van der Waals surface area contributed by atoms with Gasteiger partial charge in [-0.05, 0) is 18.2 Å². The van der Waals surface area contributed by atoms with Crippen LogP contribution in [0, 0.1) is 0 Å². The highest BCUT2D eigenvalue weighted by Gasteiger charge is 2.20. The standard InChI is InChI=1S/C14H12ClN3O3/c1-8(19)17-12-6-9(4-5-16-12)18-13-10(15)2-3-11-14(13)21-7-20-11/h2-6H,7H2,1H3,(H2,16,17,18,19). The third-order valence-corrected chi connectivity index (χ3v) is 3.14. The molecular formula is C14H12ClN3O3. The quantitative estimate of drug-likeness (QED) is 0.911. The monoisotopic (exact) mass is 305 g/mol. The first-order valence-corrected chi connectivity index (χ1v) is 6.60. The molecule has 21 heavy (non-hydrogen) atoms. The molecule has 0 bridgehead atoms. The van der Waals surface area contributed by atoms with Gasteiger partial charge >= 0.3 is 0 Å². The third kappa shape index (κ3) is 2.85. The minimum Gasteiger partial charge on any atom is -0.454 e. The first kappa shape index (κ1) is 13.5. The highest BCUT2D eigenvalue weighted by Crippen LogP contribution is 2.44. The fraction of sp³-hybridized carbons (Fsp3) is 0.143. The Bertz CT molecular complexity index is 706. The Morgan fingerprint density at radius 3 is 3.00 bits per heavy atom. The summed E-state index contributed by atoms with van der Waals surface area (Å²) >= 11 is 6.20. The largest absolute Gasteiger partial charge is 0.454 e. The SMILES string of the molecule is CC(=O)Nc1cc(Nc2c(Cl)ccc3c2OCO3)ccn1. The minimum atomic E-state index is -0.185. The summed E-state index contributed by atoms with van der Waals surface area (Å²) in [5, 5.41) is 6.29. The van der Waals surface area contributed by atoms with Gasteiger partial charge in [-0.2, -0.15) is 0 Å². The zero-order valence-corrected chi connectivity index (χ0v) is 11.9. The van der Waals surface area contributed by atoms with Crippen molar-refractivity contribution in [3.8, 4) is 11.5 Å². The van der Waals surface area contributed by atoms with Gasteiger partial charge < -0.3 is 20.1 Å². The number of amides is 1. The molecule has 1 aromatic carbocycles. The second-order valence-corrected chi connectivity index (χ2v) is 4.80. The van der Waals surface area contributed by atoms with E-state index in [0.29, 0.717) is 28.0 Å².